The molecule has 0 radical (unpaired) electrons. The maximum atomic E-state index is 6.05. The highest BCUT2D eigenvalue weighted by molar-refractivity contribution is 5.79. The number of aromatic nitrogens is 2. The third-order valence-corrected chi connectivity index (χ3v) is 3.39. The fourth-order valence-corrected chi connectivity index (χ4v) is 2.50. The monoisotopic (exact) mass is 255 g/mol. The number of rotatable bonds is 3. The number of anilines is 1. The van der Waals surface area contributed by atoms with E-state index in [9.17, 15) is 0 Å². The first-order chi connectivity index (χ1) is 9.15. The second kappa shape index (κ2) is 4.46. The lowest BCUT2D eigenvalue weighted by molar-refractivity contribution is 0.456. The summed E-state index contributed by atoms with van der Waals surface area (Å²) < 4.78 is 7.47. The predicted octanol–water partition coefficient (Wildman–Crippen LogP) is 3.32. The Kier molecular flexibility index (Phi) is 2.78. The molecule has 1 atom stereocenters. The summed E-state index contributed by atoms with van der Waals surface area (Å²) in [6.45, 7) is 4.18. The molecule has 0 aliphatic rings. The first-order valence-electron chi connectivity index (χ1n) is 6.41. The summed E-state index contributed by atoms with van der Waals surface area (Å²) in [5.74, 6) is 1.51. The van der Waals surface area contributed by atoms with Crippen LogP contribution in [0.5, 0.6) is 0 Å². The fraction of sp³-hybridized carbons (Fsp3) is 0.267. The lowest BCUT2D eigenvalue weighted by Gasteiger charge is -2.14. The molecule has 2 N–H and O–H groups in total. The molecule has 0 saturated heterocycles. The highest BCUT2D eigenvalue weighted by Crippen LogP contribution is 2.25. The van der Waals surface area contributed by atoms with Crippen LogP contribution in [0.15, 0.2) is 41.0 Å². The smallest absolute Gasteiger partial charge is 0.201 e. The molecule has 98 valence electrons. The highest BCUT2D eigenvalue weighted by Gasteiger charge is 2.15. The maximum absolute atomic E-state index is 6.05. The molecular formula is C15H17N3O. The molecule has 0 spiro atoms. The van der Waals surface area contributed by atoms with Gasteiger partial charge < -0.3 is 14.7 Å². The average molecular weight is 255 g/mol. The largest absolute Gasteiger partial charge is 0.469 e. The Bertz CT molecular complexity index is 698. The van der Waals surface area contributed by atoms with Gasteiger partial charge in [0.15, 0.2) is 0 Å². The van der Waals surface area contributed by atoms with Crippen molar-refractivity contribution in [2.24, 2.45) is 0 Å². The topological polar surface area (TPSA) is 57.0 Å². The first-order valence-corrected chi connectivity index (χ1v) is 6.41. The lowest BCUT2D eigenvalue weighted by atomic mass is 10.1. The summed E-state index contributed by atoms with van der Waals surface area (Å²) in [6, 6.07) is 10.3. The van der Waals surface area contributed by atoms with Crippen molar-refractivity contribution in [3.63, 3.8) is 0 Å². The van der Waals surface area contributed by atoms with E-state index in [-0.39, 0.29) is 6.04 Å². The van der Waals surface area contributed by atoms with Crippen LogP contribution in [0.3, 0.4) is 0 Å². The van der Waals surface area contributed by atoms with Gasteiger partial charge in [-0.05, 0) is 43.7 Å². The van der Waals surface area contributed by atoms with E-state index in [1.807, 2.05) is 12.1 Å². The summed E-state index contributed by atoms with van der Waals surface area (Å²) >= 11 is 0. The molecule has 1 unspecified atom stereocenters. The number of aryl methyl sites for hydroxylation is 1. The number of hydrogen-bond donors (Lipinski definition) is 1. The van der Waals surface area contributed by atoms with Gasteiger partial charge in [0.2, 0.25) is 5.95 Å². The minimum Gasteiger partial charge on any atom is -0.469 e. The summed E-state index contributed by atoms with van der Waals surface area (Å²) in [5.41, 5.74) is 9.26. The molecule has 4 heteroatoms. The summed E-state index contributed by atoms with van der Waals surface area (Å²) in [7, 11) is 0. The second-order valence-corrected chi connectivity index (χ2v) is 4.96. The van der Waals surface area contributed by atoms with Crippen LogP contribution in [0.4, 0.5) is 5.95 Å². The predicted molar refractivity (Wildman–Crippen MR) is 76.0 cm³/mol. The van der Waals surface area contributed by atoms with Gasteiger partial charge >= 0.3 is 0 Å². The van der Waals surface area contributed by atoms with Crippen LogP contribution in [-0.2, 0) is 6.42 Å². The number of nitrogen functional groups attached to an aromatic ring is 1. The maximum Gasteiger partial charge on any atom is 0.201 e. The van der Waals surface area contributed by atoms with Gasteiger partial charge in [0.1, 0.15) is 5.76 Å². The van der Waals surface area contributed by atoms with Crippen molar-refractivity contribution in [2.75, 3.05) is 5.73 Å². The number of benzene rings is 1. The van der Waals surface area contributed by atoms with E-state index in [0.717, 1.165) is 23.2 Å². The van der Waals surface area contributed by atoms with E-state index in [4.69, 9.17) is 10.2 Å². The molecule has 4 nitrogen and oxygen atoms in total. The number of fused-ring (bicyclic) bond motifs is 1. The standard InChI is InChI=1S/C15H17N3O/c1-10-5-6-14-13(8-10)17-15(16)18(14)11(2)9-12-4-3-7-19-12/h3-8,11H,9H2,1-2H3,(H2,16,17). The zero-order chi connectivity index (χ0) is 13.4. The van der Waals surface area contributed by atoms with Gasteiger partial charge in [-0.25, -0.2) is 4.98 Å². The Morgan fingerprint density at radius 1 is 1.37 bits per heavy atom. The molecule has 19 heavy (non-hydrogen) atoms. The van der Waals surface area contributed by atoms with Gasteiger partial charge in [0.05, 0.1) is 17.3 Å². The molecule has 0 fully saturated rings. The minimum absolute atomic E-state index is 0.207. The average Bonchev–Trinajstić information content (AvgIpc) is 2.95. The van der Waals surface area contributed by atoms with E-state index in [0.29, 0.717) is 5.95 Å². The van der Waals surface area contributed by atoms with Crippen molar-refractivity contribution in [3.05, 3.63) is 47.9 Å². The lowest BCUT2D eigenvalue weighted by Crippen LogP contribution is -2.11. The Hall–Kier alpha value is -2.23. The molecule has 0 aliphatic carbocycles. The molecular weight excluding hydrogens is 238 g/mol. The van der Waals surface area contributed by atoms with Crippen molar-refractivity contribution in [2.45, 2.75) is 26.3 Å². The Morgan fingerprint density at radius 3 is 2.95 bits per heavy atom. The van der Waals surface area contributed by atoms with Gasteiger partial charge in [-0.15, -0.1) is 0 Å². The van der Waals surface area contributed by atoms with E-state index < -0.39 is 0 Å². The van der Waals surface area contributed by atoms with Crippen LogP contribution in [0.1, 0.15) is 24.3 Å². The third kappa shape index (κ3) is 2.10. The molecule has 1 aromatic carbocycles. The zero-order valence-corrected chi connectivity index (χ0v) is 11.1. The molecule has 2 aromatic heterocycles. The SMILES string of the molecule is Cc1ccc2c(c1)nc(N)n2C(C)Cc1ccco1. The number of furan rings is 1. The van der Waals surface area contributed by atoms with Crippen LogP contribution in [0.2, 0.25) is 0 Å². The molecule has 0 saturated carbocycles. The van der Waals surface area contributed by atoms with Crippen LogP contribution in [0, 0.1) is 6.92 Å². The second-order valence-electron chi connectivity index (χ2n) is 4.96. The third-order valence-electron chi connectivity index (χ3n) is 3.39. The molecule has 3 rings (SSSR count). The van der Waals surface area contributed by atoms with Crippen molar-refractivity contribution in [1.29, 1.82) is 0 Å². The minimum atomic E-state index is 0.207. The number of nitrogens with zero attached hydrogens (tertiary/aromatic N) is 2. The van der Waals surface area contributed by atoms with Gasteiger partial charge in [0.25, 0.3) is 0 Å². The Morgan fingerprint density at radius 2 is 2.21 bits per heavy atom. The van der Waals surface area contributed by atoms with E-state index in [1.54, 1.807) is 6.26 Å². The van der Waals surface area contributed by atoms with Gasteiger partial charge in [-0.2, -0.15) is 0 Å². The van der Waals surface area contributed by atoms with Gasteiger partial charge in [-0.3, -0.25) is 0 Å². The molecule has 2 heterocycles. The van der Waals surface area contributed by atoms with E-state index in [1.165, 1.54) is 5.56 Å². The Labute approximate surface area is 111 Å². The highest BCUT2D eigenvalue weighted by atomic mass is 16.3. The molecule has 0 bridgehead atoms. The van der Waals surface area contributed by atoms with Gasteiger partial charge in [0, 0.05) is 12.5 Å². The van der Waals surface area contributed by atoms with Crippen LogP contribution in [-0.4, -0.2) is 9.55 Å². The first kappa shape index (κ1) is 11.8. The number of nitrogens with two attached hydrogens (primary N) is 1. The van der Waals surface area contributed by atoms with E-state index in [2.05, 4.69) is 41.6 Å². The number of hydrogen-bond acceptors (Lipinski definition) is 3. The molecule has 0 aliphatic heterocycles. The van der Waals surface area contributed by atoms with Crippen molar-refractivity contribution < 1.29 is 4.42 Å². The zero-order valence-electron chi connectivity index (χ0n) is 11.1. The fourth-order valence-electron chi connectivity index (χ4n) is 2.50. The van der Waals surface area contributed by atoms with Crippen molar-refractivity contribution >= 4 is 17.0 Å². The summed E-state index contributed by atoms with van der Waals surface area (Å²) in [6.07, 6.45) is 2.50. The van der Waals surface area contributed by atoms with Gasteiger partial charge in [-0.1, -0.05) is 6.07 Å². The Balaban J connectivity index is 2.01. The van der Waals surface area contributed by atoms with Crippen molar-refractivity contribution in [3.8, 4) is 0 Å². The van der Waals surface area contributed by atoms with E-state index >= 15 is 0 Å². The van der Waals surface area contributed by atoms with Crippen LogP contribution >= 0.6 is 0 Å². The summed E-state index contributed by atoms with van der Waals surface area (Å²) in [5, 5.41) is 0. The molecule has 0 amide bonds. The van der Waals surface area contributed by atoms with Crippen LogP contribution < -0.4 is 5.73 Å². The normalized spacial score (nSPS) is 12.9. The quantitative estimate of drug-likeness (QED) is 0.781. The summed E-state index contributed by atoms with van der Waals surface area (Å²) in [4.78, 5) is 4.43. The molecule has 3 aromatic rings. The van der Waals surface area contributed by atoms with Crippen LogP contribution in [0.25, 0.3) is 11.0 Å². The van der Waals surface area contributed by atoms with Crippen molar-refractivity contribution in [1.82, 2.24) is 9.55 Å². The number of imidazole rings is 1.